The van der Waals surface area contributed by atoms with Crippen molar-refractivity contribution in [3.63, 3.8) is 0 Å². The number of halogens is 1. The Morgan fingerprint density at radius 2 is 1.42 bits per heavy atom. The summed E-state index contributed by atoms with van der Waals surface area (Å²) in [4.78, 5) is 8.46. The topological polar surface area (TPSA) is 37.9 Å². The third-order valence-electron chi connectivity index (χ3n) is 5.53. The first kappa shape index (κ1) is 21.0. The van der Waals surface area contributed by atoms with Crippen molar-refractivity contribution in [2.45, 2.75) is 13.5 Å². The summed E-state index contributed by atoms with van der Waals surface area (Å²) in [5.41, 5.74) is 7.26. The summed E-state index contributed by atoms with van der Waals surface area (Å²) >= 11 is 6.58. The van der Waals surface area contributed by atoms with E-state index < -0.39 is 0 Å². The summed E-state index contributed by atoms with van der Waals surface area (Å²) in [5.74, 6) is 1.42. The van der Waals surface area contributed by atoms with Gasteiger partial charge in [0.2, 0.25) is 0 Å². The van der Waals surface area contributed by atoms with Crippen LogP contribution in [-0.4, -0.2) is 9.97 Å². The maximum absolute atomic E-state index is 6.58. The summed E-state index contributed by atoms with van der Waals surface area (Å²) in [6.07, 6.45) is 0. The molecule has 0 fully saturated rings. The highest BCUT2D eigenvalue weighted by Gasteiger charge is 2.16. The average Bonchev–Trinajstić information content (AvgIpc) is 3.31. The largest absolute Gasteiger partial charge is 0.487 e. The molecule has 5 rings (SSSR count). The molecule has 0 aliphatic carbocycles. The van der Waals surface area contributed by atoms with Gasteiger partial charge in [-0.1, -0.05) is 102 Å². The lowest BCUT2D eigenvalue weighted by Crippen LogP contribution is -1.96. The lowest BCUT2D eigenvalue weighted by atomic mass is 10.1. The molecule has 0 saturated heterocycles. The summed E-state index contributed by atoms with van der Waals surface area (Å²) < 4.78 is 5.96. The quantitative estimate of drug-likeness (QED) is 0.285. The van der Waals surface area contributed by atoms with Gasteiger partial charge in [0.1, 0.15) is 18.2 Å². The summed E-state index contributed by atoms with van der Waals surface area (Å²) in [6.45, 7) is 2.54. The van der Waals surface area contributed by atoms with Gasteiger partial charge in [0, 0.05) is 16.7 Å². The van der Waals surface area contributed by atoms with Crippen LogP contribution in [0.4, 0.5) is 0 Å². The van der Waals surface area contributed by atoms with Gasteiger partial charge in [-0.2, -0.15) is 0 Å². The Morgan fingerprint density at radius 3 is 2.09 bits per heavy atom. The molecule has 0 bridgehead atoms. The molecule has 1 N–H and O–H groups in total. The zero-order valence-corrected chi connectivity index (χ0v) is 19.0. The van der Waals surface area contributed by atoms with Gasteiger partial charge in [0.15, 0.2) is 0 Å². The molecule has 0 aliphatic heterocycles. The molecule has 0 aliphatic rings. The maximum Gasteiger partial charge on any atom is 0.138 e. The van der Waals surface area contributed by atoms with E-state index in [1.165, 1.54) is 5.56 Å². The fourth-order valence-electron chi connectivity index (χ4n) is 3.74. The summed E-state index contributed by atoms with van der Waals surface area (Å²) in [7, 11) is 0. The molecule has 0 amide bonds. The highest BCUT2D eigenvalue weighted by molar-refractivity contribution is 6.32. The second kappa shape index (κ2) is 9.35. The predicted octanol–water partition coefficient (Wildman–Crippen LogP) is 7.95. The first-order chi connectivity index (χ1) is 16.2. The normalized spacial score (nSPS) is 10.8. The van der Waals surface area contributed by atoms with Crippen LogP contribution in [0.15, 0.2) is 103 Å². The van der Waals surface area contributed by atoms with Gasteiger partial charge in [-0.15, -0.1) is 0 Å². The van der Waals surface area contributed by atoms with Gasteiger partial charge in [0.25, 0.3) is 0 Å². The van der Waals surface area contributed by atoms with Crippen LogP contribution in [0.25, 0.3) is 33.9 Å². The number of aromatic amines is 1. The average molecular weight is 451 g/mol. The number of nitrogens with one attached hydrogen (secondary N) is 1. The standard InChI is InChI=1S/C29H23ClN2O/c1-20-12-14-21(15-13-20)19-33-26-17-16-24(18-25(26)30)29-31-27(22-8-4-2-5-9-22)28(32-29)23-10-6-3-7-11-23/h2-18H,19H2,1H3,(H,31,32). The lowest BCUT2D eigenvalue weighted by Gasteiger charge is -2.09. The number of rotatable bonds is 6. The van der Waals surface area contributed by atoms with Gasteiger partial charge < -0.3 is 9.72 Å². The molecule has 4 heteroatoms. The van der Waals surface area contributed by atoms with Gasteiger partial charge in [0.05, 0.1) is 16.4 Å². The van der Waals surface area contributed by atoms with Gasteiger partial charge >= 0.3 is 0 Å². The summed E-state index contributed by atoms with van der Waals surface area (Å²) in [5, 5.41) is 0.554. The zero-order chi connectivity index (χ0) is 22.6. The number of benzene rings is 4. The van der Waals surface area contributed by atoms with Crippen LogP contribution in [0.3, 0.4) is 0 Å². The van der Waals surface area contributed by atoms with Crippen molar-refractivity contribution in [2.75, 3.05) is 0 Å². The molecular formula is C29H23ClN2O. The molecule has 1 heterocycles. The van der Waals surface area contributed by atoms with Crippen molar-refractivity contribution < 1.29 is 4.74 Å². The van der Waals surface area contributed by atoms with Crippen LogP contribution in [0.1, 0.15) is 11.1 Å². The number of nitrogens with zero attached hydrogens (tertiary/aromatic N) is 1. The van der Waals surface area contributed by atoms with Gasteiger partial charge in [-0.3, -0.25) is 0 Å². The van der Waals surface area contributed by atoms with E-state index in [2.05, 4.69) is 60.4 Å². The fourth-order valence-corrected chi connectivity index (χ4v) is 3.97. The Bertz CT molecular complexity index is 1300. The van der Waals surface area contributed by atoms with Crippen molar-refractivity contribution in [1.29, 1.82) is 0 Å². The Morgan fingerprint density at radius 1 is 0.758 bits per heavy atom. The van der Waals surface area contributed by atoms with E-state index in [1.54, 1.807) is 0 Å². The second-order valence-electron chi connectivity index (χ2n) is 7.96. The van der Waals surface area contributed by atoms with E-state index in [1.807, 2.05) is 54.6 Å². The van der Waals surface area contributed by atoms with Gasteiger partial charge in [-0.05, 0) is 30.7 Å². The molecular weight excluding hydrogens is 428 g/mol. The Kier molecular flexibility index (Phi) is 5.97. The van der Waals surface area contributed by atoms with Crippen molar-refractivity contribution >= 4 is 11.6 Å². The molecule has 4 aromatic carbocycles. The SMILES string of the molecule is Cc1ccc(COc2ccc(-c3nc(-c4ccccc4)c(-c4ccccc4)[nH]3)cc2Cl)cc1. The van der Waals surface area contributed by atoms with E-state index in [9.17, 15) is 0 Å². The molecule has 0 radical (unpaired) electrons. The monoisotopic (exact) mass is 450 g/mol. The number of hydrogen-bond acceptors (Lipinski definition) is 2. The molecule has 0 spiro atoms. The minimum atomic E-state index is 0.469. The van der Waals surface area contributed by atoms with E-state index in [0.29, 0.717) is 17.4 Å². The molecule has 0 saturated carbocycles. The van der Waals surface area contributed by atoms with Crippen molar-refractivity contribution in [3.05, 3.63) is 119 Å². The minimum absolute atomic E-state index is 0.469. The smallest absolute Gasteiger partial charge is 0.138 e. The Labute approximate surface area is 198 Å². The number of H-pyrrole nitrogens is 1. The molecule has 5 aromatic rings. The van der Waals surface area contributed by atoms with Crippen LogP contribution in [-0.2, 0) is 6.61 Å². The highest BCUT2D eigenvalue weighted by atomic mass is 35.5. The van der Waals surface area contributed by atoms with Gasteiger partial charge in [-0.25, -0.2) is 4.98 Å². The fraction of sp³-hybridized carbons (Fsp3) is 0.0690. The van der Waals surface area contributed by atoms with Crippen molar-refractivity contribution in [3.8, 4) is 39.7 Å². The Balaban J connectivity index is 1.46. The third kappa shape index (κ3) is 4.69. The van der Waals surface area contributed by atoms with Crippen molar-refractivity contribution in [1.82, 2.24) is 9.97 Å². The lowest BCUT2D eigenvalue weighted by molar-refractivity contribution is 0.306. The van der Waals surface area contributed by atoms with Crippen molar-refractivity contribution in [2.24, 2.45) is 0 Å². The maximum atomic E-state index is 6.58. The highest BCUT2D eigenvalue weighted by Crippen LogP contribution is 2.35. The molecule has 0 atom stereocenters. The van der Waals surface area contributed by atoms with E-state index in [4.69, 9.17) is 21.3 Å². The zero-order valence-electron chi connectivity index (χ0n) is 18.3. The molecule has 162 valence electrons. The molecule has 1 aromatic heterocycles. The number of imidazole rings is 1. The number of ether oxygens (including phenoxy) is 1. The molecule has 0 unspecified atom stereocenters. The van der Waals surface area contributed by atoms with E-state index in [0.717, 1.165) is 39.5 Å². The third-order valence-corrected chi connectivity index (χ3v) is 5.83. The minimum Gasteiger partial charge on any atom is -0.487 e. The molecule has 3 nitrogen and oxygen atoms in total. The predicted molar refractivity (Wildman–Crippen MR) is 135 cm³/mol. The van der Waals surface area contributed by atoms with Crippen LogP contribution in [0, 0.1) is 6.92 Å². The van der Waals surface area contributed by atoms with Crippen LogP contribution >= 0.6 is 11.6 Å². The van der Waals surface area contributed by atoms with Crippen LogP contribution < -0.4 is 4.74 Å². The first-order valence-corrected chi connectivity index (χ1v) is 11.2. The number of aryl methyl sites for hydroxylation is 1. The Hall–Kier alpha value is -3.82. The van der Waals surface area contributed by atoms with Crippen LogP contribution in [0.2, 0.25) is 5.02 Å². The van der Waals surface area contributed by atoms with E-state index >= 15 is 0 Å². The molecule has 33 heavy (non-hydrogen) atoms. The number of hydrogen-bond donors (Lipinski definition) is 1. The van der Waals surface area contributed by atoms with Crippen LogP contribution in [0.5, 0.6) is 5.75 Å². The first-order valence-electron chi connectivity index (χ1n) is 10.9. The second-order valence-corrected chi connectivity index (χ2v) is 8.37. The number of aromatic nitrogens is 2. The van der Waals surface area contributed by atoms with E-state index in [-0.39, 0.29) is 0 Å². The summed E-state index contributed by atoms with van der Waals surface area (Å²) in [6, 6.07) is 34.5.